The molecule has 0 fully saturated rings. The van der Waals surface area contributed by atoms with Crippen molar-refractivity contribution in [3.8, 4) is 0 Å². The van der Waals surface area contributed by atoms with Crippen LogP contribution in [0.4, 0.5) is 5.69 Å². The summed E-state index contributed by atoms with van der Waals surface area (Å²) in [4.78, 5) is 27.5. The van der Waals surface area contributed by atoms with Gasteiger partial charge in [0, 0.05) is 22.0 Å². The fourth-order valence-electron chi connectivity index (χ4n) is 3.75. The Morgan fingerprint density at radius 3 is 1.94 bits per heavy atom. The maximum atomic E-state index is 13.8. The quantitative estimate of drug-likeness (QED) is 0.198. The molecule has 0 aliphatic carbocycles. The molecule has 0 unspecified atom stereocenters. The predicted octanol–water partition coefficient (Wildman–Crippen LogP) is 7.45. The van der Waals surface area contributed by atoms with Gasteiger partial charge in [0.25, 0.3) is 0 Å². The van der Waals surface area contributed by atoms with E-state index in [1.54, 1.807) is 42.1 Å². The van der Waals surface area contributed by atoms with Crippen molar-refractivity contribution in [3.63, 3.8) is 0 Å². The molecular formula is C29H24ClNO2S. The molecule has 170 valence electrons. The summed E-state index contributed by atoms with van der Waals surface area (Å²) in [6, 6.07) is 35.6. The van der Waals surface area contributed by atoms with Gasteiger partial charge >= 0.3 is 0 Å². The second-order valence-electron chi connectivity index (χ2n) is 7.80. The van der Waals surface area contributed by atoms with Crippen molar-refractivity contribution in [2.24, 2.45) is 5.92 Å². The molecule has 4 aromatic rings. The number of thioether (sulfide) groups is 1. The molecule has 0 bridgehead atoms. The van der Waals surface area contributed by atoms with Crippen LogP contribution in [0.2, 0.25) is 5.02 Å². The fourth-order valence-corrected chi connectivity index (χ4v) is 5.46. The number of anilines is 1. The number of carbonyl (C=O) groups excluding carboxylic acids is 2. The maximum Gasteiger partial charge on any atom is 0.236 e. The van der Waals surface area contributed by atoms with Gasteiger partial charge in [0.1, 0.15) is 5.92 Å². The van der Waals surface area contributed by atoms with Gasteiger partial charge in [-0.25, -0.2) is 0 Å². The van der Waals surface area contributed by atoms with Crippen molar-refractivity contribution in [1.82, 2.24) is 0 Å². The Bertz CT molecular complexity index is 1230. The highest BCUT2D eigenvalue weighted by Gasteiger charge is 2.37. The average Bonchev–Trinajstić information content (AvgIpc) is 2.88. The summed E-state index contributed by atoms with van der Waals surface area (Å²) < 4.78 is 0. The van der Waals surface area contributed by atoms with E-state index in [9.17, 15) is 9.59 Å². The lowest BCUT2D eigenvalue weighted by molar-refractivity contribution is -0.118. The van der Waals surface area contributed by atoms with Gasteiger partial charge in [0.05, 0.1) is 5.25 Å². The van der Waals surface area contributed by atoms with E-state index in [1.807, 2.05) is 84.9 Å². The first-order valence-corrected chi connectivity index (χ1v) is 12.4. The predicted molar refractivity (Wildman–Crippen MR) is 141 cm³/mol. The Kier molecular flexibility index (Phi) is 8.18. The van der Waals surface area contributed by atoms with Crippen LogP contribution < -0.4 is 5.32 Å². The zero-order valence-electron chi connectivity index (χ0n) is 18.4. The molecule has 0 heterocycles. The minimum Gasteiger partial charge on any atom is -0.325 e. The van der Waals surface area contributed by atoms with Gasteiger partial charge in [-0.05, 0) is 29.3 Å². The molecule has 34 heavy (non-hydrogen) atoms. The van der Waals surface area contributed by atoms with Crippen molar-refractivity contribution in [2.75, 3.05) is 5.32 Å². The Hall–Kier alpha value is -3.34. The molecular weight excluding hydrogens is 462 g/mol. The van der Waals surface area contributed by atoms with Gasteiger partial charge in [-0.15, -0.1) is 11.8 Å². The molecule has 0 saturated carbocycles. The van der Waals surface area contributed by atoms with Crippen molar-refractivity contribution in [2.45, 2.75) is 11.0 Å². The van der Waals surface area contributed by atoms with E-state index >= 15 is 0 Å². The van der Waals surface area contributed by atoms with Crippen LogP contribution in [0.25, 0.3) is 0 Å². The molecule has 0 aromatic heterocycles. The second-order valence-corrected chi connectivity index (χ2v) is 9.34. The highest BCUT2D eigenvalue weighted by molar-refractivity contribution is 7.98. The molecule has 4 rings (SSSR count). The third kappa shape index (κ3) is 5.96. The molecule has 0 radical (unpaired) electrons. The normalized spacial score (nSPS) is 12.5. The highest BCUT2D eigenvalue weighted by Crippen LogP contribution is 2.42. The van der Waals surface area contributed by atoms with E-state index in [0.717, 1.165) is 11.1 Å². The largest absolute Gasteiger partial charge is 0.325 e. The minimum atomic E-state index is -0.976. The van der Waals surface area contributed by atoms with Crippen LogP contribution in [0, 0.1) is 5.92 Å². The molecule has 0 saturated heterocycles. The van der Waals surface area contributed by atoms with Crippen LogP contribution in [-0.4, -0.2) is 11.7 Å². The van der Waals surface area contributed by atoms with Gasteiger partial charge in [-0.1, -0.05) is 109 Å². The summed E-state index contributed by atoms with van der Waals surface area (Å²) >= 11 is 8.15. The number of halogens is 1. The number of benzene rings is 4. The lowest BCUT2D eigenvalue weighted by atomic mass is 9.89. The van der Waals surface area contributed by atoms with E-state index in [2.05, 4.69) is 5.32 Å². The zero-order chi connectivity index (χ0) is 23.8. The van der Waals surface area contributed by atoms with Crippen LogP contribution in [-0.2, 0) is 10.5 Å². The number of rotatable bonds is 9. The molecule has 3 nitrogen and oxygen atoms in total. The van der Waals surface area contributed by atoms with Crippen molar-refractivity contribution >= 4 is 40.7 Å². The number of carbonyl (C=O) groups is 2. The summed E-state index contributed by atoms with van der Waals surface area (Å²) in [5, 5.41) is 3.00. The van der Waals surface area contributed by atoms with Crippen molar-refractivity contribution in [1.29, 1.82) is 0 Å². The van der Waals surface area contributed by atoms with E-state index in [0.29, 0.717) is 22.0 Å². The summed E-state index contributed by atoms with van der Waals surface area (Å²) in [6.45, 7) is 0. The maximum absolute atomic E-state index is 13.8. The Morgan fingerprint density at radius 2 is 1.29 bits per heavy atom. The minimum absolute atomic E-state index is 0.237. The van der Waals surface area contributed by atoms with Gasteiger partial charge in [-0.3, -0.25) is 9.59 Å². The molecule has 1 N–H and O–H groups in total. The van der Waals surface area contributed by atoms with Gasteiger partial charge < -0.3 is 5.32 Å². The van der Waals surface area contributed by atoms with Crippen molar-refractivity contribution < 1.29 is 9.59 Å². The lowest BCUT2D eigenvalue weighted by Crippen LogP contribution is -2.34. The fraction of sp³-hybridized carbons (Fsp3) is 0.103. The Morgan fingerprint density at radius 1 is 0.735 bits per heavy atom. The molecule has 4 aromatic carbocycles. The third-order valence-electron chi connectivity index (χ3n) is 5.45. The number of Topliss-reactive ketones (excluding diaryl/α,β-unsaturated/α-hetero) is 1. The number of hydrogen-bond acceptors (Lipinski definition) is 3. The molecule has 0 aliphatic heterocycles. The molecule has 0 spiro atoms. The number of amides is 1. The number of ketones is 1. The van der Waals surface area contributed by atoms with E-state index in [4.69, 9.17) is 11.6 Å². The molecule has 0 aliphatic rings. The van der Waals surface area contributed by atoms with Gasteiger partial charge in [-0.2, -0.15) is 0 Å². The van der Waals surface area contributed by atoms with Crippen LogP contribution in [0.3, 0.4) is 0 Å². The van der Waals surface area contributed by atoms with E-state index in [-0.39, 0.29) is 11.7 Å². The van der Waals surface area contributed by atoms with Gasteiger partial charge in [0.15, 0.2) is 5.78 Å². The molecule has 5 heteroatoms. The Labute approximate surface area is 209 Å². The molecule has 1 amide bonds. The lowest BCUT2D eigenvalue weighted by Gasteiger charge is -2.26. The van der Waals surface area contributed by atoms with Crippen LogP contribution in [0.1, 0.15) is 26.7 Å². The SMILES string of the molecule is O=C(Nc1ccccc1)[C@@H](C(=O)c1ccccc1)[C@H](SCc1ccccc1)c1ccccc1Cl. The second kappa shape index (κ2) is 11.7. The summed E-state index contributed by atoms with van der Waals surface area (Å²) in [6.07, 6.45) is 0. The van der Waals surface area contributed by atoms with Gasteiger partial charge in [0.2, 0.25) is 5.91 Å². The summed E-state index contributed by atoms with van der Waals surface area (Å²) in [7, 11) is 0. The first-order chi connectivity index (χ1) is 16.6. The third-order valence-corrected chi connectivity index (χ3v) is 7.18. The van der Waals surface area contributed by atoms with Crippen LogP contribution in [0.5, 0.6) is 0 Å². The first-order valence-electron chi connectivity index (χ1n) is 11.0. The van der Waals surface area contributed by atoms with Crippen LogP contribution in [0.15, 0.2) is 115 Å². The number of nitrogens with one attached hydrogen (secondary N) is 1. The zero-order valence-corrected chi connectivity index (χ0v) is 20.0. The van der Waals surface area contributed by atoms with Crippen molar-refractivity contribution in [3.05, 3.63) is 137 Å². The highest BCUT2D eigenvalue weighted by atomic mass is 35.5. The standard InChI is InChI=1S/C29H24ClNO2S/c30-25-19-11-10-18-24(25)28(34-20-21-12-4-1-5-13-21)26(27(32)22-14-6-2-7-15-22)29(33)31-23-16-8-3-9-17-23/h1-19,26,28H,20H2,(H,31,33)/t26-,28+/m0/s1. The van der Waals surface area contributed by atoms with E-state index < -0.39 is 11.2 Å². The summed E-state index contributed by atoms with van der Waals surface area (Å²) in [5.41, 5.74) is 3.01. The smallest absolute Gasteiger partial charge is 0.236 e. The number of para-hydroxylation sites is 1. The summed E-state index contributed by atoms with van der Waals surface area (Å²) in [5.74, 6) is -0.935. The monoisotopic (exact) mass is 485 g/mol. The van der Waals surface area contributed by atoms with E-state index in [1.165, 1.54) is 0 Å². The van der Waals surface area contributed by atoms with Crippen LogP contribution >= 0.6 is 23.4 Å². The Balaban J connectivity index is 1.75. The number of hydrogen-bond donors (Lipinski definition) is 1. The topological polar surface area (TPSA) is 46.2 Å². The molecule has 2 atom stereocenters. The first kappa shape index (κ1) is 23.8. The average molecular weight is 486 g/mol.